The number of anilines is 1. The summed E-state index contributed by atoms with van der Waals surface area (Å²) in [5, 5.41) is 3.41. The Morgan fingerprint density at radius 2 is 1.89 bits per heavy atom. The van der Waals surface area contributed by atoms with E-state index in [1.54, 1.807) is 6.33 Å². The number of nitrogens with zero attached hydrogens (tertiary/aromatic N) is 2. The number of nitrogens with one attached hydrogen (secondary N) is 1. The minimum atomic E-state index is 0.201. The predicted octanol–water partition coefficient (Wildman–Crippen LogP) is 4.54. The van der Waals surface area contributed by atoms with E-state index >= 15 is 0 Å². The molecule has 100 valence electrons. The lowest BCUT2D eigenvalue weighted by Crippen LogP contribution is -2.09. The first kappa shape index (κ1) is 14.0. The molecule has 1 aromatic heterocycles. The van der Waals surface area contributed by atoms with E-state index in [4.69, 9.17) is 0 Å². The SMILES string of the molecule is CC(C)c1cc(NC(C)c2cccc(Br)c2)ncn1. The summed E-state index contributed by atoms with van der Waals surface area (Å²) >= 11 is 3.49. The molecule has 2 rings (SSSR count). The first-order chi connectivity index (χ1) is 9.06. The number of aromatic nitrogens is 2. The van der Waals surface area contributed by atoms with E-state index < -0.39 is 0 Å². The van der Waals surface area contributed by atoms with Gasteiger partial charge in [-0.1, -0.05) is 41.9 Å². The quantitative estimate of drug-likeness (QED) is 0.899. The van der Waals surface area contributed by atoms with Crippen molar-refractivity contribution in [3.63, 3.8) is 0 Å². The van der Waals surface area contributed by atoms with Gasteiger partial charge in [0.1, 0.15) is 12.1 Å². The summed E-state index contributed by atoms with van der Waals surface area (Å²) in [6, 6.07) is 10.5. The maximum Gasteiger partial charge on any atom is 0.130 e. The van der Waals surface area contributed by atoms with Gasteiger partial charge >= 0.3 is 0 Å². The Labute approximate surface area is 122 Å². The Bertz CT molecular complexity index is 555. The Morgan fingerprint density at radius 1 is 1.11 bits per heavy atom. The Kier molecular flexibility index (Phi) is 4.53. The number of benzene rings is 1. The fraction of sp³-hybridized carbons (Fsp3) is 0.333. The second kappa shape index (κ2) is 6.15. The topological polar surface area (TPSA) is 37.8 Å². The van der Waals surface area contributed by atoms with E-state index in [1.807, 2.05) is 18.2 Å². The highest BCUT2D eigenvalue weighted by molar-refractivity contribution is 9.10. The molecule has 0 amide bonds. The highest BCUT2D eigenvalue weighted by Gasteiger charge is 2.08. The highest BCUT2D eigenvalue weighted by atomic mass is 79.9. The van der Waals surface area contributed by atoms with Crippen LogP contribution in [0.15, 0.2) is 41.1 Å². The van der Waals surface area contributed by atoms with Gasteiger partial charge in [0, 0.05) is 22.3 Å². The van der Waals surface area contributed by atoms with Gasteiger partial charge in [0.25, 0.3) is 0 Å². The molecule has 0 aliphatic rings. The molecule has 2 aromatic rings. The van der Waals surface area contributed by atoms with Crippen molar-refractivity contribution in [3.8, 4) is 0 Å². The van der Waals surface area contributed by atoms with Crippen molar-refractivity contribution in [2.45, 2.75) is 32.7 Å². The summed E-state index contributed by atoms with van der Waals surface area (Å²) in [6.45, 7) is 6.38. The van der Waals surface area contributed by atoms with Crippen LogP contribution >= 0.6 is 15.9 Å². The van der Waals surface area contributed by atoms with Crippen LogP contribution in [0.25, 0.3) is 0 Å². The second-order valence-electron chi connectivity index (χ2n) is 4.90. The van der Waals surface area contributed by atoms with Gasteiger partial charge < -0.3 is 5.32 Å². The van der Waals surface area contributed by atoms with Crippen LogP contribution in [0.3, 0.4) is 0 Å². The molecule has 0 radical (unpaired) electrons. The molecule has 0 spiro atoms. The van der Waals surface area contributed by atoms with E-state index in [0.717, 1.165) is 16.0 Å². The molecular formula is C15H18BrN3. The van der Waals surface area contributed by atoms with Gasteiger partial charge in [-0.15, -0.1) is 0 Å². The molecule has 1 heterocycles. The van der Waals surface area contributed by atoms with Crippen molar-refractivity contribution in [1.29, 1.82) is 0 Å². The molecule has 0 bridgehead atoms. The lowest BCUT2D eigenvalue weighted by molar-refractivity contribution is 0.807. The zero-order valence-corrected chi connectivity index (χ0v) is 13.0. The van der Waals surface area contributed by atoms with E-state index in [9.17, 15) is 0 Å². The lowest BCUT2D eigenvalue weighted by atomic mass is 10.1. The highest BCUT2D eigenvalue weighted by Crippen LogP contribution is 2.22. The molecule has 0 fully saturated rings. The average molecular weight is 320 g/mol. The van der Waals surface area contributed by atoms with Crippen LogP contribution < -0.4 is 5.32 Å². The van der Waals surface area contributed by atoms with Crippen molar-refractivity contribution in [2.75, 3.05) is 5.32 Å². The van der Waals surface area contributed by atoms with E-state index in [-0.39, 0.29) is 6.04 Å². The average Bonchev–Trinajstić information content (AvgIpc) is 2.39. The number of halogens is 1. The largest absolute Gasteiger partial charge is 0.363 e. The maximum absolute atomic E-state index is 4.28. The van der Waals surface area contributed by atoms with Gasteiger partial charge in [-0.3, -0.25) is 0 Å². The summed E-state index contributed by atoms with van der Waals surface area (Å²) in [5.74, 6) is 1.27. The summed E-state index contributed by atoms with van der Waals surface area (Å²) < 4.78 is 1.09. The third-order valence-electron chi connectivity index (χ3n) is 2.99. The van der Waals surface area contributed by atoms with Gasteiger partial charge in [0.15, 0.2) is 0 Å². The molecule has 0 saturated heterocycles. The molecule has 4 heteroatoms. The van der Waals surface area contributed by atoms with Crippen LogP contribution in [0.1, 0.15) is 44.0 Å². The van der Waals surface area contributed by atoms with Crippen molar-refractivity contribution < 1.29 is 0 Å². The van der Waals surface area contributed by atoms with Crippen LogP contribution in [0.4, 0.5) is 5.82 Å². The molecule has 19 heavy (non-hydrogen) atoms. The molecule has 1 atom stereocenters. The molecule has 1 unspecified atom stereocenters. The number of hydrogen-bond donors (Lipinski definition) is 1. The fourth-order valence-corrected chi connectivity index (χ4v) is 2.27. The van der Waals surface area contributed by atoms with E-state index in [0.29, 0.717) is 5.92 Å². The minimum Gasteiger partial charge on any atom is -0.363 e. The molecule has 0 aliphatic heterocycles. The molecule has 1 aromatic carbocycles. The molecule has 0 saturated carbocycles. The van der Waals surface area contributed by atoms with Crippen molar-refractivity contribution >= 4 is 21.7 Å². The Hall–Kier alpha value is -1.42. The first-order valence-electron chi connectivity index (χ1n) is 6.40. The zero-order chi connectivity index (χ0) is 13.8. The van der Waals surface area contributed by atoms with Crippen LogP contribution in [-0.4, -0.2) is 9.97 Å². The first-order valence-corrected chi connectivity index (χ1v) is 7.19. The molecule has 1 N–H and O–H groups in total. The lowest BCUT2D eigenvalue weighted by Gasteiger charge is -2.16. The summed E-state index contributed by atoms with van der Waals surface area (Å²) in [4.78, 5) is 8.55. The standard InChI is InChI=1S/C15H18BrN3/c1-10(2)14-8-15(18-9-17-14)19-11(3)12-5-4-6-13(16)7-12/h4-11H,1-3H3,(H,17,18,19). The Morgan fingerprint density at radius 3 is 2.58 bits per heavy atom. The van der Waals surface area contributed by atoms with Crippen molar-refractivity contribution in [2.24, 2.45) is 0 Å². The predicted molar refractivity (Wildman–Crippen MR) is 82.3 cm³/mol. The van der Waals surface area contributed by atoms with Gasteiger partial charge in [-0.2, -0.15) is 0 Å². The monoisotopic (exact) mass is 319 g/mol. The van der Waals surface area contributed by atoms with Crippen LogP contribution in [-0.2, 0) is 0 Å². The minimum absolute atomic E-state index is 0.201. The van der Waals surface area contributed by atoms with Gasteiger partial charge in [-0.05, 0) is 30.5 Å². The normalized spacial score (nSPS) is 12.5. The van der Waals surface area contributed by atoms with Crippen LogP contribution in [0.2, 0.25) is 0 Å². The third kappa shape index (κ3) is 3.77. The summed E-state index contributed by atoms with van der Waals surface area (Å²) in [7, 11) is 0. The molecule has 3 nitrogen and oxygen atoms in total. The smallest absolute Gasteiger partial charge is 0.130 e. The van der Waals surface area contributed by atoms with Gasteiger partial charge in [-0.25, -0.2) is 9.97 Å². The van der Waals surface area contributed by atoms with Gasteiger partial charge in [0.05, 0.1) is 0 Å². The summed E-state index contributed by atoms with van der Waals surface area (Å²) in [6.07, 6.45) is 1.62. The van der Waals surface area contributed by atoms with Crippen LogP contribution in [0, 0.1) is 0 Å². The summed E-state index contributed by atoms with van der Waals surface area (Å²) in [5.41, 5.74) is 2.28. The van der Waals surface area contributed by atoms with Crippen LogP contribution in [0.5, 0.6) is 0 Å². The van der Waals surface area contributed by atoms with Gasteiger partial charge in [0.2, 0.25) is 0 Å². The Balaban J connectivity index is 2.14. The number of rotatable bonds is 4. The van der Waals surface area contributed by atoms with E-state index in [2.05, 4.69) is 64.1 Å². The third-order valence-corrected chi connectivity index (χ3v) is 3.49. The number of hydrogen-bond acceptors (Lipinski definition) is 3. The van der Waals surface area contributed by atoms with E-state index in [1.165, 1.54) is 5.56 Å². The molecular weight excluding hydrogens is 302 g/mol. The van der Waals surface area contributed by atoms with Crippen molar-refractivity contribution in [1.82, 2.24) is 9.97 Å². The second-order valence-corrected chi connectivity index (χ2v) is 5.82. The fourth-order valence-electron chi connectivity index (χ4n) is 1.85. The zero-order valence-electron chi connectivity index (χ0n) is 11.4. The van der Waals surface area contributed by atoms with Crippen molar-refractivity contribution in [3.05, 3.63) is 52.4 Å². The maximum atomic E-state index is 4.28. The molecule has 0 aliphatic carbocycles.